The molecule has 5 nitrogen and oxygen atoms in total. The van der Waals surface area contributed by atoms with Crippen LogP contribution < -0.4 is 16.0 Å². The lowest BCUT2D eigenvalue weighted by Gasteiger charge is -2.11. The molecule has 0 aliphatic heterocycles. The van der Waals surface area contributed by atoms with Gasteiger partial charge in [-0.1, -0.05) is 11.6 Å². The first-order chi connectivity index (χ1) is 11.2. The van der Waals surface area contributed by atoms with Gasteiger partial charge in [0.2, 0.25) is 5.95 Å². The first-order valence-electron chi connectivity index (χ1n) is 6.58. The van der Waals surface area contributed by atoms with E-state index in [4.69, 9.17) is 22.1 Å². The summed E-state index contributed by atoms with van der Waals surface area (Å²) in [5, 5.41) is 0.0268. The number of nitrogens with two attached hydrogens (primary N) is 1. The Hall–Kier alpha value is -2.74. The summed E-state index contributed by atoms with van der Waals surface area (Å²) >= 11 is 5.83. The van der Waals surface area contributed by atoms with Crippen LogP contribution in [0.1, 0.15) is 5.56 Å². The number of hydrogen-bond acceptors (Lipinski definition) is 4. The third kappa shape index (κ3) is 3.13. The van der Waals surface area contributed by atoms with E-state index in [0.29, 0.717) is 5.52 Å². The van der Waals surface area contributed by atoms with Gasteiger partial charge in [-0.15, -0.1) is 0 Å². The number of anilines is 1. The van der Waals surface area contributed by atoms with Crippen molar-refractivity contribution in [2.24, 2.45) is 0 Å². The zero-order valence-electron chi connectivity index (χ0n) is 11.8. The molecule has 0 aliphatic carbocycles. The topological polar surface area (TPSA) is 81.0 Å². The quantitative estimate of drug-likeness (QED) is 0.728. The highest BCUT2D eigenvalue weighted by Crippen LogP contribution is 2.36. The number of aromatic nitrogens is 2. The van der Waals surface area contributed by atoms with E-state index in [1.165, 1.54) is 18.2 Å². The summed E-state index contributed by atoms with van der Waals surface area (Å²) in [4.78, 5) is 18.1. The predicted molar refractivity (Wildman–Crippen MR) is 83.3 cm³/mol. The van der Waals surface area contributed by atoms with Crippen molar-refractivity contribution in [1.82, 2.24) is 9.97 Å². The third-order valence-corrected chi connectivity index (χ3v) is 3.48. The summed E-state index contributed by atoms with van der Waals surface area (Å²) in [6.45, 7) is 0. The minimum atomic E-state index is -4.50. The Morgan fingerprint density at radius 2 is 1.92 bits per heavy atom. The molecule has 0 radical (unpaired) electrons. The van der Waals surface area contributed by atoms with Gasteiger partial charge in [0.05, 0.1) is 21.5 Å². The van der Waals surface area contributed by atoms with Gasteiger partial charge in [-0.2, -0.15) is 13.2 Å². The summed E-state index contributed by atoms with van der Waals surface area (Å²) < 4.78 is 43.3. The van der Waals surface area contributed by atoms with Gasteiger partial charge in [0.25, 0.3) is 5.56 Å². The van der Waals surface area contributed by atoms with Crippen molar-refractivity contribution < 1.29 is 17.9 Å². The highest BCUT2D eigenvalue weighted by molar-refractivity contribution is 6.32. The average Bonchev–Trinajstić information content (AvgIpc) is 2.48. The van der Waals surface area contributed by atoms with Crippen molar-refractivity contribution in [3.05, 3.63) is 57.3 Å². The van der Waals surface area contributed by atoms with E-state index < -0.39 is 17.3 Å². The standard InChI is InChI=1S/C15H9ClF3N3O2/c16-10-5-7(15(17,18)19)1-4-12(10)24-8-2-3-11-9(6-8)13(23)22-14(20)21-11/h1-6H,(H3,20,21,22,23). The molecule has 0 fully saturated rings. The number of fused-ring (bicyclic) bond motifs is 1. The number of nitrogens with zero attached hydrogens (tertiary/aromatic N) is 1. The zero-order chi connectivity index (χ0) is 17.5. The van der Waals surface area contributed by atoms with Crippen molar-refractivity contribution in [2.45, 2.75) is 6.18 Å². The van der Waals surface area contributed by atoms with Crippen molar-refractivity contribution in [3.8, 4) is 11.5 Å². The number of halogens is 4. The highest BCUT2D eigenvalue weighted by Gasteiger charge is 2.31. The number of aromatic amines is 1. The second-order valence-corrected chi connectivity index (χ2v) is 5.28. The number of hydrogen-bond donors (Lipinski definition) is 2. The molecule has 0 saturated heterocycles. The fourth-order valence-electron chi connectivity index (χ4n) is 2.09. The van der Waals surface area contributed by atoms with Gasteiger partial charge in [0, 0.05) is 0 Å². The lowest BCUT2D eigenvalue weighted by molar-refractivity contribution is -0.137. The SMILES string of the molecule is Nc1nc2ccc(Oc3ccc(C(F)(F)F)cc3Cl)cc2c(=O)[nH]1. The Balaban J connectivity index is 1.97. The first-order valence-corrected chi connectivity index (χ1v) is 6.96. The molecule has 24 heavy (non-hydrogen) atoms. The Bertz CT molecular complexity index is 986. The highest BCUT2D eigenvalue weighted by atomic mass is 35.5. The van der Waals surface area contributed by atoms with E-state index in [-0.39, 0.29) is 27.9 Å². The Kier molecular flexibility index (Phi) is 3.84. The molecular weight excluding hydrogens is 347 g/mol. The molecule has 0 atom stereocenters. The molecule has 0 spiro atoms. The van der Waals surface area contributed by atoms with Crippen LogP contribution in [0.25, 0.3) is 10.9 Å². The van der Waals surface area contributed by atoms with E-state index in [0.717, 1.165) is 18.2 Å². The van der Waals surface area contributed by atoms with Gasteiger partial charge in [-0.25, -0.2) is 4.98 Å². The van der Waals surface area contributed by atoms with Crippen LogP contribution in [-0.2, 0) is 6.18 Å². The number of alkyl halides is 3. The Morgan fingerprint density at radius 1 is 1.17 bits per heavy atom. The molecule has 124 valence electrons. The van der Waals surface area contributed by atoms with Crippen LogP contribution in [0.15, 0.2) is 41.2 Å². The minimum absolute atomic E-state index is 0.0213. The van der Waals surface area contributed by atoms with Crippen LogP contribution in [0.2, 0.25) is 5.02 Å². The second kappa shape index (κ2) is 5.72. The van der Waals surface area contributed by atoms with E-state index in [1.54, 1.807) is 0 Å². The van der Waals surface area contributed by atoms with Gasteiger partial charge < -0.3 is 10.5 Å². The van der Waals surface area contributed by atoms with E-state index >= 15 is 0 Å². The molecule has 3 N–H and O–H groups in total. The van der Waals surface area contributed by atoms with Gasteiger partial charge in [0.15, 0.2) is 0 Å². The number of nitrogens with one attached hydrogen (secondary N) is 1. The maximum Gasteiger partial charge on any atom is 0.416 e. The minimum Gasteiger partial charge on any atom is -0.456 e. The van der Waals surface area contributed by atoms with Gasteiger partial charge >= 0.3 is 6.18 Å². The summed E-state index contributed by atoms with van der Waals surface area (Å²) in [6.07, 6.45) is -4.50. The molecule has 0 aliphatic rings. The van der Waals surface area contributed by atoms with E-state index in [2.05, 4.69) is 9.97 Å². The monoisotopic (exact) mass is 355 g/mol. The van der Waals surface area contributed by atoms with Gasteiger partial charge in [-0.3, -0.25) is 9.78 Å². The fraction of sp³-hybridized carbons (Fsp3) is 0.0667. The number of nitrogen functional groups attached to an aromatic ring is 1. The van der Waals surface area contributed by atoms with Crippen LogP contribution in [0, 0.1) is 0 Å². The number of benzene rings is 2. The molecule has 3 aromatic rings. The van der Waals surface area contributed by atoms with Crippen molar-refractivity contribution in [1.29, 1.82) is 0 Å². The average molecular weight is 356 g/mol. The summed E-state index contributed by atoms with van der Waals surface area (Å²) in [6, 6.07) is 7.15. The van der Waals surface area contributed by atoms with Crippen molar-refractivity contribution in [3.63, 3.8) is 0 Å². The molecule has 2 aromatic carbocycles. The molecule has 1 heterocycles. The smallest absolute Gasteiger partial charge is 0.416 e. The molecule has 0 amide bonds. The van der Waals surface area contributed by atoms with E-state index in [1.807, 2.05) is 0 Å². The lowest BCUT2D eigenvalue weighted by Crippen LogP contribution is -2.11. The number of rotatable bonds is 2. The van der Waals surface area contributed by atoms with Crippen molar-refractivity contribution in [2.75, 3.05) is 5.73 Å². The van der Waals surface area contributed by atoms with Gasteiger partial charge in [-0.05, 0) is 36.4 Å². The van der Waals surface area contributed by atoms with E-state index in [9.17, 15) is 18.0 Å². The van der Waals surface area contributed by atoms with Crippen molar-refractivity contribution >= 4 is 28.5 Å². The maximum atomic E-state index is 12.6. The molecular formula is C15H9ClF3N3O2. The van der Waals surface area contributed by atoms with Crippen LogP contribution >= 0.6 is 11.6 Å². The molecule has 0 saturated carbocycles. The zero-order valence-corrected chi connectivity index (χ0v) is 12.6. The van der Waals surface area contributed by atoms with Crippen LogP contribution in [-0.4, -0.2) is 9.97 Å². The molecule has 0 bridgehead atoms. The molecule has 3 rings (SSSR count). The lowest BCUT2D eigenvalue weighted by atomic mass is 10.2. The largest absolute Gasteiger partial charge is 0.456 e. The molecule has 1 aromatic heterocycles. The normalized spacial score (nSPS) is 11.7. The van der Waals surface area contributed by atoms with Crippen LogP contribution in [0.4, 0.5) is 19.1 Å². The Labute approximate surface area is 137 Å². The third-order valence-electron chi connectivity index (χ3n) is 3.18. The Morgan fingerprint density at radius 3 is 2.58 bits per heavy atom. The molecule has 0 unspecified atom stereocenters. The predicted octanol–water partition coefficient (Wildman–Crippen LogP) is 3.97. The summed E-state index contributed by atoms with van der Waals surface area (Å²) in [5.41, 5.74) is 4.47. The summed E-state index contributed by atoms with van der Waals surface area (Å²) in [7, 11) is 0. The fourth-order valence-corrected chi connectivity index (χ4v) is 2.31. The molecule has 9 heteroatoms. The second-order valence-electron chi connectivity index (χ2n) is 4.88. The van der Waals surface area contributed by atoms with Gasteiger partial charge in [0.1, 0.15) is 11.5 Å². The maximum absolute atomic E-state index is 12.6. The number of H-pyrrole nitrogens is 1. The first kappa shape index (κ1) is 16.1. The summed E-state index contributed by atoms with van der Waals surface area (Å²) in [5.74, 6) is 0.233. The van der Waals surface area contributed by atoms with Crippen LogP contribution in [0.5, 0.6) is 11.5 Å². The number of ether oxygens (including phenoxy) is 1. The van der Waals surface area contributed by atoms with Crippen LogP contribution in [0.3, 0.4) is 0 Å².